The van der Waals surface area contributed by atoms with Gasteiger partial charge in [-0.05, 0) is 37.8 Å². The Morgan fingerprint density at radius 3 is 2.41 bits per heavy atom. The summed E-state index contributed by atoms with van der Waals surface area (Å²) in [7, 11) is 0. The van der Waals surface area contributed by atoms with Crippen LogP contribution >= 0.6 is 0 Å². The Morgan fingerprint density at radius 2 is 1.76 bits per heavy atom. The molecule has 6 aliphatic rings. The zero-order valence-electron chi connectivity index (χ0n) is 27.7. The van der Waals surface area contributed by atoms with Crippen molar-refractivity contribution >= 4 is 11.8 Å². The summed E-state index contributed by atoms with van der Waals surface area (Å²) in [6.45, 7) is 12.3. The highest BCUT2D eigenvalue weighted by Gasteiger charge is 2.90. The van der Waals surface area contributed by atoms with Crippen LogP contribution in [0.2, 0.25) is 0 Å². The van der Waals surface area contributed by atoms with Gasteiger partial charge in [0.05, 0.1) is 12.2 Å². The van der Waals surface area contributed by atoms with E-state index in [0.717, 1.165) is 12.8 Å². The molecule has 3 heterocycles. The molecule has 2 saturated carbocycles. The van der Waals surface area contributed by atoms with Crippen molar-refractivity contribution in [3.63, 3.8) is 0 Å². The van der Waals surface area contributed by atoms with E-state index in [1.54, 1.807) is 32.1 Å². The monoisotopic (exact) mass is 642 g/mol. The number of allylic oxidation sites excluding steroid dienone is 3. The molecule has 0 aromatic rings. The van der Waals surface area contributed by atoms with Gasteiger partial charge < -0.3 is 39.0 Å². The third kappa shape index (κ3) is 4.47. The molecule has 254 valence electrons. The Hall–Kier alpha value is -2.18. The van der Waals surface area contributed by atoms with E-state index in [1.807, 2.05) is 13.0 Å². The van der Waals surface area contributed by atoms with Gasteiger partial charge in [-0.15, -0.1) is 0 Å². The van der Waals surface area contributed by atoms with Crippen molar-refractivity contribution in [3.8, 4) is 0 Å². The first-order valence-corrected chi connectivity index (χ1v) is 17.0. The van der Waals surface area contributed by atoms with Crippen molar-refractivity contribution < 1.29 is 48.6 Å². The molecule has 0 amide bonds. The largest absolute Gasteiger partial charge is 0.459 e. The van der Waals surface area contributed by atoms with Gasteiger partial charge in [-0.1, -0.05) is 83.3 Å². The fourth-order valence-electron chi connectivity index (χ4n) is 9.37. The van der Waals surface area contributed by atoms with Crippen LogP contribution in [0.15, 0.2) is 48.1 Å². The number of hydrogen-bond acceptors (Lipinski definition) is 10. The number of epoxide rings is 1. The van der Waals surface area contributed by atoms with Gasteiger partial charge in [0.1, 0.15) is 30.0 Å². The lowest BCUT2D eigenvalue weighted by atomic mass is 9.53. The predicted molar refractivity (Wildman–Crippen MR) is 167 cm³/mol. The highest BCUT2D eigenvalue weighted by Crippen LogP contribution is 2.73. The highest BCUT2D eigenvalue weighted by atomic mass is 16.9. The molecule has 6 rings (SSSR count). The molecule has 0 aromatic carbocycles. The first kappa shape index (κ1) is 33.7. The van der Waals surface area contributed by atoms with Crippen molar-refractivity contribution in [1.82, 2.24) is 0 Å². The van der Waals surface area contributed by atoms with Gasteiger partial charge >= 0.3 is 11.9 Å². The summed E-state index contributed by atoms with van der Waals surface area (Å²) in [6, 6.07) is 0. The minimum Gasteiger partial charge on any atom is -0.459 e. The second-order valence-corrected chi connectivity index (χ2v) is 14.4. The van der Waals surface area contributed by atoms with E-state index in [0.29, 0.717) is 5.57 Å². The van der Waals surface area contributed by atoms with Gasteiger partial charge in [0.25, 0.3) is 0 Å². The van der Waals surface area contributed by atoms with Crippen LogP contribution in [0.25, 0.3) is 0 Å². The molecular weight excluding hydrogens is 592 g/mol. The van der Waals surface area contributed by atoms with E-state index in [-0.39, 0.29) is 5.57 Å². The summed E-state index contributed by atoms with van der Waals surface area (Å²) in [6.07, 6.45) is 14.1. The number of Topliss-reactive ketones (excluding diaryl/α,β-unsaturated/α-hetero) is 1. The number of carbonyl (C=O) groups is 2. The summed E-state index contributed by atoms with van der Waals surface area (Å²) >= 11 is 0. The van der Waals surface area contributed by atoms with Crippen LogP contribution in [-0.4, -0.2) is 86.5 Å². The third-order valence-corrected chi connectivity index (χ3v) is 11.6. The molecule has 2 unspecified atom stereocenters. The number of ether oxygens (including phenoxy) is 5. The molecule has 0 spiro atoms. The average Bonchev–Trinajstić information content (AvgIpc) is 3.64. The average molecular weight is 643 g/mol. The summed E-state index contributed by atoms with van der Waals surface area (Å²) in [4.78, 5) is 26.3. The number of aliphatic hydroxyl groups excluding tert-OH is 2. The van der Waals surface area contributed by atoms with Crippen molar-refractivity contribution in [2.24, 2.45) is 17.8 Å². The Labute approximate surface area is 271 Å². The predicted octanol–water partition coefficient (Wildman–Crippen LogP) is 3.97. The van der Waals surface area contributed by atoms with Gasteiger partial charge in [-0.25, -0.2) is 0 Å². The third-order valence-electron chi connectivity index (χ3n) is 11.6. The van der Waals surface area contributed by atoms with Crippen LogP contribution in [0.4, 0.5) is 0 Å². The number of hydrogen-bond donors (Lipinski definition) is 3. The van der Waals surface area contributed by atoms with E-state index in [4.69, 9.17) is 23.7 Å². The molecule has 46 heavy (non-hydrogen) atoms. The van der Waals surface area contributed by atoms with Gasteiger partial charge in [0.2, 0.25) is 0 Å². The lowest BCUT2D eigenvalue weighted by Crippen LogP contribution is -2.76. The van der Waals surface area contributed by atoms with Crippen LogP contribution in [0, 0.1) is 17.8 Å². The van der Waals surface area contributed by atoms with Gasteiger partial charge in [-0.3, -0.25) is 9.59 Å². The number of carbonyl (C=O) groups excluding carboxylic acids is 2. The molecule has 3 saturated heterocycles. The van der Waals surface area contributed by atoms with Crippen molar-refractivity contribution in [1.29, 1.82) is 0 Å². The maximum atomic E-state index is 13.7. The molecular formula is C36H50O10. The molecule has 3 aliphatic heterocycles. The lowest BCUT2D eigenvalue weighted by Gasteiger charge is -2.61. The van der Waals surface area contributed by atoms with E-state index in [1.165, 1.54) is 45.4 Å². The standard InChI is InChI=1S/C36H50O10/c1-7-8-9-10-11-12-13-14-15-16-17-18-33-44-30-26-29-32(20-37,43-29)31(40)34(41)25(19-22(4)27(34)39)36(26,46-33)23(5)28(42-24(6)38)35(30,45-33)21(2)3/h15-19,23,25-26,28-31,37,40-41H,2,7-14,20H2,1,3-6H3/b16-15-,18-17+/t23-,25-,26?,28-,29+,30-,31-,32+,33?,34-,35+,36+/m1/s1. The molecule has 5 fully saturated rings. The number of aliphatic hydroxyl groups is 3. The van der Waals surface area contributed by atoms with E-state index < -0.39 is 88.9 Å². The number of unbranched alkanes of at least 4 members (excludes halogenated alkanes) is 7. The topological polar surface area (TPSA) is 144 Å². The first-order chi connectivity index (χ1) is 21.8. The summed E-state index contributed by atoms with van der Waals surface area (Å²) in [5.74, 6) is -5.58. The highest BCUT2D eigenvalue weighted by molar-refractivity contribution is 6.05. The van der Waals surface area contributed by atoms with Crippen LogP contribution in [0.3, 0.4) is 0 Å². The summed E-state index contributed by atoms with van der Waals surface area (Å²) < 4.78 is 32.6. The number of rotatable bonds is 13. The second-order valence-electron chi connectivity index (χ2n) is 14.4. The van der Waals surface area contributed by atoms with Crippen LogP contribution in [-0.2, 0) is 33.3 Å². The maximum Gasteiger partial charge on any atom is 0.307 e. The van der Waals surface area contributed by atoms with Crippen LogP contribution in [0.5, 0.6) is 0 Å². The Kier molecular flexibility index (Phi) is 8.61. The fraction of sp³-hybridized carbons (Fsp3) is 0.722. The van der Waals surface area contributed by atoms with Crippen molar-refractivity contribution in [2.75, 3.05) is 6.61 Å². The SMILES string of the molecule is C=C(C)[C@@]12OC3(/C=C/C=C\CCCCCCCCC)O[C@@H]1C1[C@@H]4O[C@]4(CO)[C@@H](O)[C@]4(O)C(=O)C(C)=C[C@H]4[C@@]1(O3)[C@H](C)[C@H]2OC(C)=O. The van der Waals surface area contributed by atoms with E-state index >= 15 is 0 Å². The van der Waals surface area contributed by atoms with Crippen molar-refractivity contribution in [3.05, 3.63) is 48.1 Å². The second kappa shape index (κ2) is 11.8. The normalized spacial score (nSPS) is 46.7. The molecule has 3 aliphatic carbocycles. The minimum atomic E-state index is -2.38. The molecule has 3 bridgehead atoms. The number of ketones is 1. The van der Waals surface area contributed by atoms with Crippen LogP contribution < -0.4 is 0 Å². The Bertz CT molecular complexity index is 1350. The van der Waals surface area contributed by atoms with Gasteiger partial charge in [0.15, 0.2) is 17.0 Å². The zero-order chi connectivity index (χ0) is 33.3. The minimum absolute atomic E-state index is 0.251. The maximum absolute atomic E-state index is 13.7. The molecule has 10 heteroatoms. The zero-order valence-corrected chi connectivity index (χ0v) is 27.7. The Morgan fingerprint density at radius 1 is 1.07 bits per heavy atom. The summed E-state index contributed by atoms with van der Waals surface area (Å²) in [5, 5.41) is 34.6. The quantitative estimate of drug-likeness (QED) is 0.0888. The molecule has 3 N–H and O–H groups in total. The first-order valence-electron chi connectivity index (χ1n) is 17.0. The fourth-order valence-corrected chi connectivity index (χ4v) is 9.37. The summed E-state index contributed by atoms with van der Waals surface area (Å²) in [5.41, 5.74) is -6.13. The molecule has 0 aromatic heterocycles. The van der Waals surface area contributed by atoms with E-state index in [2.05, 4.69) is 19.6 Å². The van der Waals surface area contributed by atoms with Gasteiger partial charge in [0, 0.05) is 30.8 Å². The van der Waals surface area contributed by atoms with E-state index in [9.17, 15) is 24.9 Å². The number of esters is 1. The number of fused-ring (bicyclic) bond motifs is 3. The molecule has 12 atom stereocenters. The van der Waals surface area contributed by atoms with Crippen molar-refractivity contribution in [2.45, 2.75) is 139 Å². The van der Waals surface area contributed by atoms with Crippen LogP contribution in [0.1, 0.15) is 86.0 Å². The molecule has 0 radical (unpaired) electrons. The molecule has 10 nitrogen and oxygen atoms in total. The van der Waals surface area contributed by atoms with Gasteiger partial charge in [-0.2, -0.15) is 0 Å². The lowest BCUT2D eigenvalue weighted by molar-refractivity contribution is -0.407. The Balaban J connectivity index is 1.39. The smallest absolute Gasteiger partial charge is 0.307 e.